The summed E-state index contributed by atoms with van der Waals surface area (Å²) < 4.78 is 3.75. The average Bonchev–Trinajstić information content (AvgIpc) is 3.32. The summed E-state index contributed by atoms with van der Waals surface area (Å²) in [5.74, 6) is 0.649. The maximum atomic E-state index is 11.0. The molecule has 0 spiro atoms. The van der Waals surface area contributed by atoms with Gasteiger partial charge in [-0.05, 0) is 50.8 Å². The number of carboxylic acid groups (broad SMARTS) is 1. The van der Waals surface area contributed by atoms with E-state index < -0.39 is 6.47 Å². The zero-order chi connectivity index (χ0) is 22.2. The molecule has 0 radical (unpaired) electrons. The molecule has 0 amide bonds. The molecular weight excluding hydrogens is 654 g/mol. The van der Waals surface area contributed by atoms with Gasteiger partial charge in [0.2, 0.25) is 0 Å². The molecule has 4 rings (SSSR count). The third-order valence-electron chi connectivity index (χ3n) is 3.53. The van der Waals surface area contributed by atoms with Gasteiger partial charge in [0, 0.05) is 43.1 Å². The molecule has 2 aliphatic carbocycles. The Balaban J connectivity index is -0.000000164. The largest absolute Gasteiger partial charge is 1.00 e. The molecule has 8 nitrogen and oxygen atoms in total. The quantitative estimate of drug-likeness (QED) is 0.178. The van der Waals surface area contributed by atoms with Crippen molar-refractivity contribution in [1.82, 2.24) is 9.78 Å². The molecule has 2 heterocycles. The number of ketones is 2. The third-order valence-corrected chi connectivity index (χ3v) is 5.43. The Bertz CT molecular complexity index is 786. The maximum Gasteiger partial charge on any atom is 1.00 e. The van der Waals surface area contributed by atoms with Crippen molar-refractivity contribution < 1.29 is 124 Å². The molecule has 2 saturated carbocycles. The second-order valence-electron chi connectivity index (χ2n) is 5.53. The number of nitriles is 1. The van der Waals surface area contributed by atoms with E-state index in [1.54, 1.807) is 23.2 Å². The number of aromatic nitrogens is 2. The molecule has 0 N–H and O–H groups in total. The number of rotatable bonds is 1. The molecule has 31 heavy (non-hydrogen) atoms. The molecule has 2 atom stereocenters. The van der Waals surface area contributed by atoms with Gasteiger partial charge in [0.25, 0.3) is 0 Å². The zero-order valence-electron chi connectivity index (χ0n) is 18.6. The van der Waals surface area contributed by atoms with E-state index in [1.165, 1.54) is 6.92 Å². The van der Waals surface area contributed by atoms with Crippen molar-refractivity contribution in [2.75, 3.05) is 6.54 Å². The summed E-state index contributed by atoms with van der Waals surface area (Å²) in [4.78, 5) is 33.5. The first-order valence-electron chi connectivity index (χ1n) is 8.41. The van der Waals surface area contributed by atoms with E-state index in [2.05, 4.69) is 57.9 Å². The summed E-state index contributed by atoms with van der Waals surface area (Å²) in [6.07, 6.45) is 10.8. The molecule has 0 saturated heterocycles. The Hall–Kier alpha value is 1.63. The second-order valence-corrected chi connectivity index (χ2v) is 8.47. The van der Waals surface area contributed by atoms with Crippen molar-refractivity contribution in [3.8, 4) is 6.07 Å². The predicted molar refractivity (Wildman–Crippen MR) is 119 cm³/mol. The van der Waals surface area contributed by atoms with Crippen molar-refractivity contribution in [3.63, 3.8) is 0 Å². The van der Waals surface area contributed by atoms with Crippen LogP contribution in [-0.2, 0) is 14.4 Å². The van der Waals surface area contributed by atoms with E-state index in [4.69, 9.17) is 15.2 Å². The van der Waals surface area contributed by atoms with Gasteiger partial charge in [0.15, 0.2) is 5.78 Å². The summed E-state index contributed by atoms with van der Waals surface area (Å²) in [5.41, 5.74) is 0. The summed E-state index contributed by atoms with van der Waals surface area (Å²) in [5, 5.41) is 19.6. The van der Waals surface area contributed by atoms with E-state index in [-0.39, 0.29) is 115 Å². The molecule has 0 aromatic carbocycles. The second kappa shape index (κ2) is 23.4. The van der Waals surface area contributed by atoms with Gasteiger partial charge >= 0.3 is 103 Å². The van der Waals surface area contributed by atoms with Crippen LogP contribution in [0.25, 0.3) is 0 Å². The van der Waals surface area contributed by atoms with Crippen molar-refractivity contribution in [1.29, 1.82) is 5.26 Å². The number of halogens is 3. The first-order valence-corrected chi connectivity index (χ1v) is 10.9. The minimum absolute atomic E-state index is 0. The predicted octanol–water partition coefficient (Wildman–Crippen LogP) is -2.97. The number of aliphatic imine (C=N–C) groups is 1. The summed E-state index contributed by atoms with van der Waals surface area (Å²) in [6, 6.07) is 1.77. The molecule has 13 heteroatoms. The van der Waals surface area contributed by atoms with Gasteiger partial charge in [0.1, 0.15) is 11.8 Å². The fourth-order valence-electron chi connectivity index (χ4n) is 1.86. The Morgan fingerprint density at radius 3 is 1.94 bits per heavy atom. The zero-order valence-corrected chi connectivity index (χ0v) is 28.6. The molecule has 160 valence electrons. The van der Waals surface area contributed by atoms with E-state index in [0.717, 1.165) is 34.8 Å². The third kappa shape index (κ3) is 17.7. The van der Waals surface area contributed by atoms with Crippen molar-refractivity contribution >= 4 is 72.0 Å². The normalized spacial score (nSPS) is 18.9. The van der Waals surface area contributed by atoms with Gasteiger partial charge in [-0.1, -0.05) is 15.9 Å². The molecule has 2 unspecified atom stereocenters. The SMILES string of the molecule is BrC1=CCN=C1.CC#N.O=C1CCC1Br.O=C1CCC1n1cc(Br)cn1.O=C[O-].[H-].[K+].[K+]. The summed E-state index contributed by atoms with van der Waals surface area (Å²) >= 11 is 9.70. The van der Waals surface area contributed by atoms with Crippen LogP contribution in [0.5, 0.6) is 0 Å². The van der Waals surface area contributed by atoms with Gasteiger partial charge < -0.3 is 11.3 Å². The first kappa shape index (κ1) is 37.2. The van der Waals surface area contributed by atoms with Crippen LogP contribution in [0.1, 0.15) is 40.1 Å². The number of hydrogen-bond acceptors (Lipinski definition) is 7. The van der Waals surface area contributed by atoms with Crippen LogP contribution in [-0.4, -0.2) is 45.4 Å². The number of nitrogens with zero attached hydrogens (tertiary/aromatic N) is 4. The van der Waals surface area contributed by atoms with Gasteiger partial charge in [-0.15, -0.1) is 0 Å². The Labute approximate surface area is 293 Å². The Morgan fingerprint density at radius 1 is 1.26 bits per heavy atom. The number of carbonyl (C=O) groups excluding carboxylic acids is 3. The minimum atomic E-state index is -0.500. The van der Waals surface area contributed by atoms with Gasteiger partial charge in [0.05, 0.1) is 28.1 Å². The number of hydrogen-bond donors (Lipinski definition) is 0. The van der Waals surface area contributed by atoms with Crippen molar-refractivity contribution in [2.45, 2.75) is 43.5 Å². The maximum absolute atomic E-state index is 11.0. The number of alkyl halides is 1. The molecule has 1 aromatic heterocycles. The smallest absolute Gasteiger partial charge is 1.00 e. The fourth-order valence-corrected chi connectivity index (χ4v) is 2.91. The standard InChI is InChI=1S/C7H7BrN2O.C4H4BrN.C4H5BrO.C2H3N.CH2O2.2K.H/c8-5-3-9-10(4-5)6-1-2-7(6)11;5-4-1-2-6-3-4;5-3-1-2-4(3)6;1-2-3;2-1-3;;;/h3-4,6H,1-2H2;1,3H,2H2;3H,1-2H2;1H3;1H,(H,2,3);;;/q;;;;;2*+1;-1/p-1. The van der Waals surface area contributed by atoms with Crippen LogP contribution in [0, 0.1) is 11.3 Å². The van der Waals surface area contributed by atoms with Crippen LogP contribution in [0.2, 0.25) is 0 Å². The monoisotopic (exact) mass is 672 g/mol. The molecule has 2 fully saturated rings. The summed E-state index contributed by atoms with van der Waals surface area (Å²) in [7, 11) is 0. The van der Waals surface area contributed by atoms with Crippen LogP contribution in [0.4, 0.5) is 0 Å². The van der Waals surface area contributed by atoms with E-state index in [9.17, 15) is 9.59 Å². The van der Waals surface area contributed by atoms with Crippen molar-refractivity contribution in [2.24, 2.45) is 4.99 Å². The number of carbonyl (C=O) groups is 3. The summed E-state index contributed by atoms with van der Waals surface area (Å²) in [6.45, 7) is 1.78. The van der Waals surface area contributed by atoms with Crippen LogP contribution in [0.15, 0.2) is 32.4 Å². The Kier molecular flexibility index (Phi) is 28.0. The van der Waals surface area contributed by atoms with Crippen LogP contribution in [0.3, 0.4) is 0 Å². The van der Waals surface area contributed by atoms with Crippen LogP contribution >= 0.6 is 47.8 Å². The number of allylic oxidation sites excluding steroid dienone is 1. The molecule has 1 aliphatic heterocycles. The molecule has 0 bridgehead atoms. The minimum Gasteiger partial charge on any atom is -1.00 e. The average molecular weight is 675 g/mol. The topological polar surface area (TPSA) is 128 Å². The van der Waals surface area contributed by atoms with Crippen molar-refractivity contribution in [3.05, 3.63) is 27.4 Å². The van der Waals surface area contributed by atoms with Gasteiger partial charge in [-0.25, -0.2) is 0 Å². The van der Waals surface area contributed by atoms with Gasteiger partial charge in [-0.3, -0.25) is 19.3 Å². The van der Waals surface area contributed by atoms with E-state index in [1.807, 2.05) is 12.3 Å². The first-order chi connectivity index (χ1) is 13.8. The van der Waals surface area contributed by atoms with Crippen LogP contribution < -0.4 is 108 Å². The molecular formula is C18H21Br3K2N4O4. The molecule has 3 aliphatic rings. The Morgan fingerprint density at radius 2 is 1.77 bits per heavy atom. The fraction of sp³-hybridized carbons (Fsp3) is 0.444. The molecule has 1 aromatic rings. The van der Waals surface area contributed by atoms with E-state index in [0.29, 0.717) is 18.0 Å². The van der Waals surface area contributed by atoms with Gasteiger partial charge in [-0.2, -0.15) is 10.4 Å². The number of Topliss-reactive ketones (excluding diaryl/α,β-unsaturated/α-hetero) is 2. The van der Waals surface area contributed by atoms with E-state index >= 15 is 0 Å².